The molecule has 0 aliphatic carbocycles. The normalized spacial score (nSPS) is 19.2. The Morgan fingerprint density at radius 1 is 1.38 bits per heavy atom. The Bertz CT molecular complexity index is 521. The van der Waals surface area contributed by atoms with E-state index in [-0.39, 0.29) is 18.4 Å². The molecule has 6 heteroatoms. The number of aliphatic carboxylic acids is 1. The molecule has 2 rings (SSSR count). The van der Waals surface area contributed by atoms with Gasteiger partial charge in [0.1, 0.15) is 0 Å². The second kappa shape index (κ2) is 7.43. The van der Waals surface area contributed by atoms with Gasteiger partial charge in [0.05, 0.1) is 12.5 Å². The van der Waals surface area contributed by atoms with Crippen molar-refractivity contribution >= 4 is 23.5 Å². The molecular formula is C15H19ClN2O3. The Labute approximate surface area is 128 Å². The zero-order valence-electron chi connectivity index (χ0n) is 11.7. The SMILES string of the molecule is O=C(CN1CCCC(C(=O)O)C1)NCc1ccccc1Cl. The smallest absolute Gasteiger partial charge is 0.307 e. The van der Waals surface area contributed by atoms with Crippen molar-refractivity contribution in [3.05, 3.63) is 34.9 Å². The standard InChI is InChI=1S/C15H19ClN2O3/c16-13-6-2-1-4-11(13)8-17-14(19)10-18-7-3-5-12(9-18)15(20)21/h1-2,4,6,12H,3,5,7-10H2,(H,17,19)(H,20,21). The molecule has 0 bridgehead atoms. The van der Waals surface area contributed by atoms with Gasteiger partial charge in [-0.25, -0.2) is 0 Å². The number of halogens is 1. The molecule has 0 saturated carbocycles. The molecule has 1 amide bonds. The summed E-state index contributed by atoms with van der Waals surface area (Å²) in [6.45, 7) is 1.82. The molecule has 1 aliphatic heterocycles. The second-order valence-corrected chi connectivity index (χ2v) is 5.69. The average Bonchev–Trinajstić information content (AvgIpc) is 2.46. The number of carbonyl (C=O) groups excluding carboxylic acids is 1. The van der Waals surface area contributed by atoms with Crippen molar-refractivity contribution in [2.75, 3.05) is 19.6 Å². The van der Waals surface area contributed by atoms with E-state index in [1.165, 1.54) is 0 Å². The molecule has 5 nitrogen and oxygen atoms in total. The van der Waals surface area contributed by atoms with Crippen LogP contribution in [0.3, 0.4) is 0 Å². The van der Waals surface area contributed by atoms with Gasteiger partial charge in [0.2, 0.25) is 5.91 Å². The molecule has 1 unspecified atom stereocenters. The van der Waals surface area contributed by atoms with Gasteiger partial charge in [-0.3, -0.25) is 14.5 Å². The highest BCUT2D eigenvalue weighted by Gasteiger charge is 2.26. The largest absolute Gasteiger partial charge is 0.481 e. The summed E-state index contributed by atoms with van der Waals surface area (Å²) in [6.07, 6.45) is 1.50. The highest BCUT2D eigenvalue weighted by Crippen LogP contribution is 2.16. The van der Waals surface area contributed by atoms with E-state index in [0.717, 1.165) is 18.5 Å². The molecule has 1 aromatic carbocycles. The molecule has 114 valence electrons. The van der Waals surface area contributed by atoms with Crippen LogP contribution in [0.1, 0.15) is 18.4 Å². The number of amides is 1. The van der Waals surface area contributed by atoms with Crippen molar-refractivity contribution in [1.82, 2.24) is 10.2 Å². The molecule has 21 heavy (non-hydrogen) atoms. The van der Waals surface area contributed by atoms with Gasteiger partial charge in [-0.05, 0) is 31.0 Å². The van der Waals surface area contributed by atoms with E-state index in [1.807, 2.05) is 23.1 Å². The molecule has 1 aliphatic rings. The fourth-order valence-electron chi connectivity index (χ4n) is 2.50. The first-order valence-electron chi connectivity index (χ1n) is 7.01. The fourth-order valence-corrected chi connectivity index (χ4v) is 2.70. The number of carbonyl (C=O) groups is 2. The predicted octanol–water partition coefficient (Wildman–Crippen LogP) is 1.75. The second-order valence-electron chi connectivity index (χ2n) is 5.28. The molecule has 2 N–H and O–H groups in total. The lowest BCUT2D eigenvalue weighted by atomic mass is 9.98. The fraction of sp³-hybridized carbons (Fsp3) is 0.467. The molecule has 1 fully saturated rings. The van der Waals surface area contributed by atoms with Gasteiger partial charge >= 0.3 is 5.97 Å². The molecule has 0 aromatic heterocycles. The van der Waals surface area contributed by atoms with Crippen LogP contribution in [-0.2, 0) is 16.1 Å². The van der Waals surface area contributed by atoms with Gasteiger partial charge in [0.25, 0.3) is 0 Å². The molecular weight excluding hydrogens is 292 g/mol. The Morgan fingerprint density at radius 3 is 2.86 bits per heavy atom. The van der Waals surface area contributed by atoms with Gasteiger partial charge in [-0.2, -0.15) is 0 Å². The van der Waals surface area contributed by atoms with Crippen LogP contribution in [0, 0.1) is 5.92 Å². The molecule has 1 saturated heterocycles. The average molecular weight is 311 g/mol. The Hall–Kier alpha value is -1.59. The Balaban J connectivity index is 1.79. The lowest BCUT2D eigenvalue weighted by Gasteiger charge is -2.29. The Kier molecular flexibility index (Phi) is 5.59. The monoisotopic (exact) mass is 310 g/mol. The van der Waals surface area contributed by atoms with Gasteiger partial charge < -0.3 is 10.4 Å². The summed E-state index contributed by atoms with van der Waals surface area (Å²) in [7, 11) is 0. The van der Waals surface area contributed by atoms with Gasteiger partial charge in [-0.1, -0.05) is 29.8 Å². The van der Waals surface area contributed by atoms with Crippen LogP contribution in [0.4, 0.5) is 0 Å². The van der Waals surface area contributed by atoms with Crippen LogP contribution < -0.4 is 5.32 Å². The van der Waals surface area contributed by atoms with Crippen LogP contribution in [0.15, 0.2) is 24.3 Å². The number of likely N-dealkylation sites (tertiary alicyclic amines) is 1. The zero-order chi connectivity index (χ0) is 15.2. The van der Waals surface area contributed by atoms with Crippen molar-refractivity contribution in [3.8, 4) is 0 Å². The lowest BCUT2D eigenvalue weighted by molar-refractivity contribution is -0.144. The number of piperidine rings is 1. The van der Waals surface area contributed by atoms with Gasteiger partial charge in [0.15, 0.2) is 0 Å². The lowest BCUT2D eigenvalue weighted by Crippen LogP contribution is -2.44. The highest BCUT2D eigenvalue weighted by atomic mass is 35.5. The van der Waals surface area contributed by atoms with E-state index >= 15 is 0 Å². The first-order valence-corrected chi connectivity index (χ1v) is 7.39. The summed E-state index contributed by atoms with van der Waals surface area (Å²) in [6, 6.07) is 7.36. The number of carboxylic acids is 1. The molecule has 1 atom stereocenters. The first-order chi connectivity index (χ1) is 10.1. The van der Waals surface area contributed by atoms with E-state index < -0.39 is 5.97 Å². The summed E-state index contributed by atoms with van der Waals surface area (Å²) in [4.78, 5) is 24.8. The number of nitrogens with one attached hydrogen (secondary N) is 1. The van der Waals surface area contributed by atoms with Crippen molar-refractivity contribution in [3.63, 3.8) is 0 Å². The van der Waals surface area contributed by atoms with Crippen LogP contribution in [0.25, 0.3) is 0 Å². The van der Waals surface area contributed by atoms with E-state index in [0.29, 0.717) is 24.5 Å². The molecule has 1 aromatic rings. The number of hydrogen-bond acceptors (Lipinski definition) is 3. The van der Waals surface area contributed by atoms with E-state index in [4.69, 9.17) is 16.7 Å². The van der Waals surface area contributed by atoms with Crippen molar-refractivity contribution in [1.29, 1.82) is 0 Å². The minimum Gasteiger partial charge on any atom is -0.481 e. The van der Waals surface area contributed by atoms with Crippen LogP contribution in [0.2, 0.25) is 5.02 Å². The Morgan fingerprint density at radius 2 is 2.14 bits per heavy atom. The topological polar surface area (TPSA) is 69.6 Å². The molecule has 0 radical (unpaired) electrons. The molecule has 1 heterocycles. The van der Waals surface area contributed by atoms with Gasteiger partial charge in [0, 0.05) is 18.1 Å². The number of nitrogens with zero attached hydrogens (tertiary/aromatic N) is 1. The summed E-state index contributed by atoms with van der Waals surface area (Å²) in [5.41, 5.74) is 0.870. The summed E-state index contributed by atoms with van der Waals surface area (Å²) >= 11 is 6.03. The number of carboxylic acid groups (broad SMARTS) is 1. The van der Waals surface area contributed by atoms with E-state index in [9.17, 15) is 9.59 Å². The maximum Gasteiger partial charge on any atom is 0.307 e. The predicted molar refractivity (Wildman–Crippen MR) is 80.1 cm³/mol. The van der Waals surface area contributed by atoms with E-state index in [1.54, 1.807) is 6.07 Å². The first kappa shape index (κ1) is 15.8. The third-order valence-corrected chi connectivity index (χ3v) is 4.02. The van der Waals surface area contributed by atoms with Crippen LogP contribution in [0.5, 0.6) is 0 Å². The number of hydrogen-bond donors (Lipinski definition) is 2. The minimum atomic E-state index is -0.781. The van der Waals surface area contributed by atoms with E-state index in [2.05, 4.69) is 5.32 Å². The minimum absolute atomic E-state index is 0.110. The summed E-state index contributed by atoms with van der Waals surface area (Å²) < 4.78 is 0. The zero-order valence-corrected chi connectivity index (χ0v) is 12.5. The maximum absolute atomic E-state index is 11.9. The number of benzene rings is 1. The van der Waals surface area contributed by atoms with Gasteiger partial charge in [-0.15, -0.1) is 0 Å². The van der Waals surface area contributed by atoms with Crippen molar-refractivity contribution in [2.24, 2.45) is 5.92 Å². The van der Waals surface area contributed by atoms with Crippen LogP contribution in [-0.4, -0.2) is 41.5 Å². The van der Waals surface area contributed by atoms with Crippen LogP contribution >= 0.6 is 11.6 Å². The summed E-state index contributed by atoms with van der Waals surface area (Å²) in [5.74, 6) is -1.26. The third kappa shape index (κ3) is 4.72. The van der Waals surface area contributed by atoms with Crippen molar-refractivity contribution < 1.29 is 14.7 Å². The quantitative estimate of drug-likeness (QED) is 0.869. The third-order valence-electron chi connectivity index (χ3n) is 3.66. The maximum atomic E-state index is 11.9. The molecule has 0 spiro atoms. The number of rotatable bonds is 5. The highest BCUT2D eigenvalue weighted by molar-refractivity contribution is 6.31. The van der Waals surface area contributed by atoms with Crippen molar-refractivity contribution in [2.45, 2.75) is 19.4 Å². The summed E-state index contributed by atoms with van der Waals surface area (Å²) in [5, 5.41) is 12.5.